The van der Waals surface area contributed by atoms with Crippen molar-refractivity contribution in [3.05, 3.63) is 72.6 Å². The summed E-state index contributed by atoms with van der Waals surface area (Å²) in [7, 11) is 0. The predicted octanol–water partition coefficient (Wildman–Crippen LogP) is 4.59. The topological polar surface area (TPSA) is 55.4 Å². The first-order valence-electron chi connectivity index (χ1n) is 7.13. The first-order valence-corrected chi connectivity index (χ1v) is 8.01. The molecule has 2 rings (SSSR count). The highest BCUT2D eigenvalue weighted by Gasteiger charge is 2.15. The van der Waals surface area contributed by atoms with E-state index in [0.717, 1.165) is 22.9 Å². The van der Waals surface area contributed by atoms with Gasteiger partial charge in [0.05, 0.1) is 0 Å². The summed E-state index contributed by atoms with van der Waals surface area (Å²) in [6.45, 7) is 5.65. The van der Waals surface area contributed by atoms with Gasteiger partial charge in [-0.05, 0) is 24.1 Å². The third-order valence-corrected chi connectivity index (χ3v) is 3.94. The number of para-hydroxylation sites is 1. The number of hydrogen-bond donors (Lipinski definition) is 1. The van der Waals surface area contributed by atoms with Crippen molar-refractivity contribution < 1.29 is 14.3 Å². The standard InChI is InChI=1S/C18H18NO3S/c1-13(23-14(2)20)16-10-6-7-11-17(16)19-18(21)22-12-15-8-4-3-5-9-15/h3-11,13H,1,12H2,2H3,(H,19,21). The number of rotatable bonds is 5. The average Bonchev–Trinajstić information content (AvgIpc) is 2.54. The van der Waals surface area contributed by atoms with Gasteiger partial charge in [0, 0.05) is 17.9 Å². The Hall–Kier alpha value is -2.27. The molecule has 1 radical (unpaired) electrons. The zero-order chi connectivity index (χ0) is 16.7. The second-order valence-corrected chi connectivity index (χ2v) is 6.25. The van der Waals surface area contributed by atoms with Gasteiger partial charge in [0.15, 0.2) is 5.12 Å². The van der Waals surface area contributed by atoms with Crippen LogP contribution in [-0.2, 0) is 16.1 Å². The van der Waals surface area contributed by atoms with E-state index in [2.05, 4.69) is 12.2 Å². The lowest BCUT2D eigenvalue weighted by atomic mass is 10.1. The molecule has 0 fully saturated rings. The Bertz CT molecular complexity index is 673. The molecule has 0 aliphatic carbocycles. The van der Waals surface area contributed by atoms with E-state index in [4.69, 9.17) is 4.74 Å². The number of carbonyl (C=O) groups excluding carboxylic acids is 2. The van der Waals surface area contributed by atoms with Crippen LogP contribution in [0.3, 0.4) is 0 Å². The van der Waals surface area contributed by atoms with Crippen LogP contribution in [0.1, 0.15) is 23.3 Å². The molecule has 0 saturated heterocycles. The van der Waals surface area contributed by atoms with Crippen molar-refractivity contribution in [2.75, 3.05) is 5.32 Å². The van der Waals surface area contributed by atoms with E-state index in [-0.39, 0.29) is 17.0 Å². The van der Waals surface area contributed by atoms with Crippen LogP contribution in [-0.4, -0.2) is 11.2 Å². The lowest BCUT2D eigenvalue weighted by Crippen LogP contribution is -2.15. The first-order chi connectivity index (χ1) is 11.1. The number of thioether (sulfide) groups is 1. The van der Waals surface area contributed by atoms with E-state index in [9.17, 15) is 9.59 Å². The van der Waals surface area contributed by atoms with Crippen LogP contribution in [0.15, 0.2) is 54.6 Å². The number of amides is 1. The lowest BCUT2D eigenvalue weighted by molar-refractivity contribution is -0.109. The maximum atomic E-state index is 12.0. The molecule has 2 aromatic rings. The lowest BCUT2D eigenvalue weighted by Gasteiger charge is -2.15. The molecule has 119 valence electrons. The van der Waals surface area contributed by atoms with Crippen molar-refractivity contribution in [2.45, 2.75) is 18.8 Å². The summed E-state index contributed by atoms with van der Waals surface area (Å²) in [5, 5.41) is 2.39. The summed E-state index contributed by atoms with van der Waals surface area (Å²) in [6, 6.07) is 16.7. The van der Waals surface area contributed by atoms with Gasteiger partial charge in [-0.25, -0.2) is 4.79 Å². The van der Waals surface area contributed by atoms with E-state index in [0.29, 0.717) is 5.69 Å². The number of nitrogens with one attached hydrogen (secondary N) is 1. The summed E-state index contributed by atoms with van der Waals surface area (Å²) in [4.78, 5) is 23.2. The van der Waals surface area contributed by atoms with Crippen molar-refractivity contribution in [1.29, 1.82) is 0 Å². The molecule has 1 amide bonds. The van der Waals surface area contributed by atoms with E-state index >= 15 is 0 Å². The van der Waals surface area contributed by atoms with Crippen molar-refractivity contribution in [3.8, 4) is 0 Å². The summed E-state index contributed by atoms with van der Waals surface area (Å²) < 4.78 is 5.20. The summed E-state index contributed by atoms with van der Waals surface area (Å²) in [5.41, 5.74) is 2.29. The number of ether oxygens (including phenoxy) is 1. The summed E-state index contributed by atoms with van der Waals surface area (Å²) in [6.07, 6.45) is -0.540. The Labute approximate surface area is 140 Å². The SMILES string of the molecule is [CH2]C(SC(C)=O)c1ccccc1NC(=O)OCc1ccccc1. The highest BCUT2D eigenvalue weighted by molar-refractivity contribution is 8.13. The van der Waals surface area contributed by atoms with Gasteiger partial charge in [0.25, 0.3) is 0 Å². The van der Waals surface area contributed by atoms with Crippen LogP contribution < -0.4 is 5.32 Å². The number of carbonyl (C=O) groups is 2. The molecule has 0 heterocycles. The molecular formula is C18H18NO3S. The number of hydrogen-bond acceptors (Lipinski definition) is 4. The fourth-order valence-electron chi connectivity index (χ4n) is 2.02. The van der Waals surface area contributed by atoms with Crippen LogP contribution >= 0.6 is 11.8 Å². The smallest absolute Gasteiger partial charge is 0.411 e. The van der Waals surface area contributed by atoms with Gasteiger partial charge in [0.2, 0.25) is 0 Å². The average molecular weight is 328 g/mol. The van der Waals surface area contributed by atoms with Crippen molar-refractivity contribution in [2.24, 2.45) is 0 Å². The maximum Gasteiger partial charge on any atom is 0.411 e. The second-order valence-electron chi connectivity index (χ2n) is 4.87. The van der Waals surface area contributed by atoms with Crippen LogP contribution in [0.5, 0.6) is 0 Å². The normalized spacial score (nSPS) is 11.6. The molecule has 0 aliphatic heterocycles. The molecule has 1 N–H and O–H groups in total. The Kier molecular flexibility index (Phi) is 6.23. The minimum absolute atomic E-state index is 0.0218. The number of anilines is 1. The quantitative estimate of drug-likeness (QED) is 0.872. The third-order valence-electron chi connectivity index (χ3n) is 3.07. The molecule has 23 heavy (non-hydrogen) atoms. The molecule has 1 unspecified atom stereocenters. The monoisotopic (exact) mass is 328 g/mol. The third kappa shape index (κ3) is 5.45. The van der Waals surface area contributed by atoms with Crippen molar-refractivity contribution >= 4 is 28.7 Å². The van der Waals surface area contributed by atoms with Crippen molar-refractivity contribution in [1.82, 2.24) is 0 Å². The zero-order valence-electron chi connectivity index (χ0n) is 12.8. The van der Waals surface area contributed by atoms with Gasteiger partial charge in [0.1, 0.15) is 6.61 Å². The minimum atomic E-state index is -0.540. The largest absolute Gasteiger partial charge is 0.444 e. The molecule has 0 aromatic heterocycles. The molecular weight excluding hydrogens is 310 g/mol. The molecule has 0 aliphatic rings. The highest BCUT2D eigenvalue weighted by atomic mass is 32.2. The zero-order valence-corrected chi connectivity index (χ0v) is 13.6. The predicted molar refractivity (Wildman–Crippen MR) is 93.1 cm³/mol. The first kappa shape index (κ1) is 17.1. The molecule has 0 spiro atoms. The van der Waals surface area contributed by atoms with E-state index in [1.807, 2.05) is 48.5 Å². The van der Waals surface area contributed by atoms with Gasteiger partial charge in [-0.2, -0.15) is 0 Å². The Morgan fingerprint density at radius 1 is 1.13 bits per heavy atom. The van der Waals surface area contributed by atoms with Crippen LogP contribution in [0.25, 0.3) is 0 Å². The molecule has 2 aromatic carbocycles. The van der Waals surface area contributed by atoms with Gasteiger partial charge in [-0.1, -0.05) is 60.3 Å². The molecule has 0 saturated carbocycles. The second kappa shape index (κ2) is 8.39. The Morgan fingerprint density at radius 3 is 2.48 bits per heavy atom. The van der Waals surface area contributed by atoms with Gasteiger partial charge < -0.3 is 4.74 Å². The molecule has 1 atom stereocenters. The Morgan fingerprint density at radius 2 is 1.78 bits per heavy atom. The minimum Gasteiger partial charge on any atom is -0.444 e. The maximum absolute atomic E-state index is 12.0. The van der Waals surface area contributed by atoms with Crippen LogP contribution in [0.2, 0.25) is 0 Å². The highest BCUT2D eigenvalue weighted by Crippen LogP contribution is 2.33. The Balaban J connectivity index is 1.99. The van der Waals surface area contributed by atoms with E-state index < -0.39 is 6.09 Å². The molecule has 4 nitrogen and oxygen atoms in total. The number of benzene rings is 2. The fraction of sp³-hybridized carbons (Fsp3) is 0.167. The van der Waals surface area contributed by atoms with Gasteiger partial charge >= 0.3 is 6.09 Å². The fourth-order valence-corrected chi connectivity index (χ4v) is 2.76. The molecule has 0 bridgehead atoms. The van der Waals surface area contributed by atoms with E-state index in [1.165, 1.54) is 6.92 Å². The van der Waals surface area contributed by atoms with Gasteiger partial charge in [-0.3, -0.25) is 10.1 Å². The molecule has 5 heteroatoms. The van der Waals surface area contributed by atoms with Crippen LogP contribution in [0, 0.1) is 6.92 Å². The van der Waals surface area contributed by atoms with E-state index in [1.54, 1.807) is 6.07 Å². The summed E-state index contributed by atoms with van der Waals surface area (Å²) in [5.74, 6) is 0. The summed E-state index contributed by atoms with van der Waals surface area (Å²) >= 11 is 1.12. The van der Waals surface area contributed by atoms with Crippen molar-refractivity contribution in [3.63, 3.8) is 0 Å². The van der Waals surface area contributed by atoms with Crippen LogP contribution in [0.4, 0.5) is 10.5 Å². The van der Waals surface area contributed by atoms with Gasteiger partial charge in [-0.15, -0.1) is 0 Å².